The molecule has 120 valence electrons. The Bertz CT molecular complexity index is 570. The molecule has 2 N–H and O–H groups in total. The monoisotopic (exact) mass is 316 g/mol. The SMILES string of the molecule is CNCc1ccc(OC)c(S(=O)(=O)NCC(C)(C)OC)c1. The zero-order valence-corrected chi connectivity index (χ0v) is 14.0. The topological polar surface area (TPSA) is 76.7 Å². The maximum Gasteiger partial charge on any atom is 0.244 e. The summed E-state index contributed by atoms with van der Waals surface area (Å²) in [6.07, 6.45) is 0. The van der Waals surface area contributed by atoms with Gasteiger partial charge in [0, 0.05) is 20.2 Å². The highest BCUT2D eigenvalue weighted by Gasteiger charge is 2.24. The van der Waals surface area contributed by atoms with Gasteiger partial charge in [-0.2, -0.15) is 0 Å². The highest BCUT2D eigenvalue weighted by atomic mass is 32.2. The molecule has 0 fully saturated rings. The average Bonchev–Trinajstić information content (AvgIpc) is 2.46. The maximum atomic E-state index is 12.5. The molecule has 0 saturated heterocycles. The van der Waals surface area contributed by atoms with Crippen LogP contribution in [0.15, 0.2) is 23.1 Å². The summed E-state index contributed by atoms with van der Waals surface area (Å²) in [5, 5.41) is 2.99. The maximum absolute atomic E-state index is 12.5. The molecule has 0 amide bonds. The van der Waals surface area contributed by atoms with Gasteiger partial charge in [0.1, 0.15) is 10.6 Å². The number of methoxy groups -OCH3 is 2. The number of rotatable bonds is 8. The van der Waals surface area contributed by atoms with Gasteiger partial charge in [-0.1, -0.05) is 6.07 Å². The molecule has 21 heavy (non-hydrogen) atoms. The fraction of sp³-hybridized carbons (Fsp3) is 0.571. The molecular weight excluding hydrogens is 292 g/mol. The van der Waals surface area contributed by atoms with Gasteiger partial charge in [-0.25, -0.2) is 13.1 Å². The Hall–Kier alpha value is -1.15. The Labute approximate surface area is 126 Å². The van der Waals surface area contributed by atoms with E-state index in [2.05, 4.69) is 10.0 Å². The average molecular weight is 316 g/mol. The summed E-state index contributed by atoms with van der Waals surface area (Å²) in [6, 6.07) is 5.09. The predicted molar refractivity (Wildman–Crippen MR) is 82.0 cm³/mol. The third-order valence-corrected chi connectivity index (χ3v) is 4.56. The number of sulfonamides is 1. The highest BCUT2D eigenvalue weighted by molar-refractivity contribution is 7.89. The third kappa shape index (κ3) is 4.96. The molecule has 0 aliphatic heterocycles. The van der Waals surface area contributed by atoms with Crippen molar-refractivity contribution in [2.24, 2.45) is 0 Å². The van der Waals surface area contributed by atoms with Crippen LogP contribution in [0.2, 0.25) is 0 Å². The van der Waals surface area contributed by atoms with E-state index in [1.165, 1.54) is 7.11 Å². The van der Waals surface area contributed by atoms with E-state index in [-0.39, 0.29) is 11.4 Å². The van der Waals surface area contributed by atoms with E-state index in [1.807, 2.05) is 19.9 Å². The largest absolute Gasteiger partial charge is 0.495 e. The first kappa shape index (κ1) is 17.9. The van der Waals surface area contributed by atoms with Crippen molar-refractivity contribution in [2.75, 3.05) is 27.8 Å². The Balaban J connectivity index is 3.08. The van der Waals surface area contributed by atoms with E-state index in [0.29, 0.717) is 12.3 Å². The van der Waals surface area contributed by atoms with E-state index < -0.39 is 15.6 Å². The van der Waals surface area contributed by atoms with Crippen molar-refractivity contribution in [3.8, 4) is 5.75 Å². The van der Waals surface area contributed by atoms with Gasteiger partial charge in [0.25, 0.3) is 0 Å². The Kier molecular flexibility index (Phi) is 6.15. The van der Waals surface area contributed by atoms with E-state index in [9.17, 15) is 8.42 Å². The van der Waals surface area contributed by atoms with E-state index in [1.54, 1.807) is 26.3 Å². The summed E-state index contributed by atoms with van der Waals surface area (Å²) < 4.78 is 37.9. The van der Waals surface area contributed by atoms with Crippen molar-refractivity contribution in [1.82, 2.24) is 10.0 Å². The zero-order chi connectivity index (χ0) is 16.1. The third-order valence-electron chi connectivity index (χ3n) is 3.14. The molecule has 1 aromatic rings. The molecule has 0 spiro atoms. The standard InChI is InChI=1S/C14H24N2O4S/c1-14(2,20-5)10-16-21(17,18)13-8-11(9-15-3)6-7-12(13)19-4/h6-8,15-16H,9-10H2,1-5H3. The fourth-order valence-electron chi connectivity index (χ4n) is 1.66. The normalized spacial score (nSPS) is 12.4. The summed E-state index contributed by atoms with van der Waals surface area (Å²) in [7, 11) is 1.13. The number of nitrogens with one attached hydrogen (secondary N) is 2. The molecule has 0 saturated carbocycles. The number of hydrogen-bond donors (Lipinski definition) is 2. The molecule has 0 aliphatic rings. The second kappa shape index (κ2) is 7.22. The lowest BCUT2D eigenvalue weighted by molar-refractivity contribution is 0.0276. The summed E-state index contributed by atoms with van der Waals surface area (Å²) in [4.78, 5) is 0.129. The molecule has 7 heteroatoms. The van der Waals surface area contributed by atoms with Crippen molar-refractivity contribution in [3.05, 3.63) is 23.8 Å². The number of hydrogen-bond acceptors (Lipinski definition) is 5. The minimum absolute atomic E-state index is 0.129. The van der Waals surface area contributed by atoms with Gasteiger partial charge in [0.05, 0.1) is 12.7 Å². The van der Waals surface area contributed by atoms with E-state index in [0.717, 1.165) is 5.56 Å². The Morgan fingerprint density at radius 2 is 1.90 bits per heavy atom. The molecule has 0 bridgehead atoms. The molecule has 0 aromatic heterocycles. The van der Waals surface area contributed by atoms with Gasteiger partial charge >= 0.3 is 0 Å². The van der Waals surface area contributed by atoms with Crippen LogP contribution in [-0.2, 0) is 21.3 Å². The molecule has 1 rings (SSSR count). The second-order valence-corrected chi connectivity index (χ2v) is 7.04. The van der Waals surface area contributed by atoms with Crippen LogP contribution in [0.5, 0.6) is 5.75 Å². The van der Waals surface area contributed by atoms with Crippen LogP contribution in [0.1, 0.15) is 19.4 Å². The van der Waals surface area contributed by atoms with Crippen molar-refractivity contribution in [2.45, 2.75) is 30.9 Å². The molecule has 0 unspecified atom stereocenters. The number of ether oxygens (including phenoxy) is 2. The predicted octanol–water partition coefficient (Wildman–Crippen LogP) is 1.12. The lowest BCUT2D eigenvalue weighted by Crippen LogP contribution is -2.39. The Morgan fingerprint density at radius 1 is 1.24 bits per heavy atom. The first-order valence-electron chi connectivity index (χ1n) is 6.62. The lowest BCUT2D eigenvalue weighted by atomic mass is 10.1. The summed E-state index contributed by atoms with van der Waals surface area (Å²) in [6.45, 7) is 4.37. The summed E-state index contributed by atoms with van der Waals surface area (Å²) >= 11 is 0. The van der Waals surface area contributed by atoms with Gasteiger partial charge < -0.3 is 14.8 Å². The van der Waals surface area contributed by atoms with E-state index in [4.69, 9.17) is 9.47 Å². The molecule has 0 aliphatic carbocycles. The van der Waals surface area contributed by atoms with Gasteiger partial charge in [0.2, 0.25) is 10.0 Å². The van der Waals surface area contributed by atoms with Gasteiger partial charge in [-0.15, -0.1) is 0 Å². The van der Waals surface area contributed by atoms with Gasteiger partial charge in [-0.3, -0.25) is 0 Å². The fourth-order valence-corrected chi connectivity index (χ4v) is 3.08. The molecule has 0 radical (unpaired) electrons. The van der Waals surface area contributed by atoms with Crippen LogP contribution in [0.25, 0.3) is 0 Å². The van der Waals surface area contributed by atoms with Gasteiger partial charge in [-0.05, 0) is 38.6 Å². The summed E-state index contributed by atoms with van der Waals surface area (Å²) in [5.74, 6) is 0.317. The van der Waals surface area contributed by atoms with Crippen LogP contribution >= 0.6 is 0 Å². The van der Waals surface area contributed by atoms with Crippen molar-refractivity contribution in [1.29, 1.82) is 0 Å². The van der Waals surface area contributed by atoms with E-state index >= 15 is 0 Å². The van der Waals surface area contributed by atoms with Crippen molar-refractivity contribution >= 4 is 10.0 Å². The van der Waals surface area contributed by atoms with Crippen LogP contribution < -0.4 is 14.8 Å². The van der Waals surface area contributed by atoms with Crippen LogP contribution in [0.3, 0.4) is 0 Å². The first-order chi connectivity index (χ1) is 9.75. The second-order valence-electron chi connectivity index (χ2n) is 5.30. The lowest BCUT2D eigenvalue weighted by Gasteiger charge is -2.23. The van der Waals surface area contributed by atoms with Crippen LogP contribution in [-0.4, -0.2) is 41.8 Å². The highest BCUT2D eigenvalue weighted by Crippen LogP contribution is 2.25. The molecule has 1 aromatic carbocycles. The Morgan fingerprint density at radius 3 is 2.43 bits per heavy atom. The minimum Gasteiger partial charge on any atom is -0.495 e. The van der Waals surface area contributed by atoms with Crippen LogP contribution in [0, 0.1) is 0 Å². The van der Waals surface area contributed by atoms with Crippen molar-refractivity contribution < 1.29 is 17.9 Å². The first-order valence-corrected chi connectivity index (χ1v) is 8.10. The van der Waals surface area contributed by atoms with Crippen LogP contribution in [0.4, 0.5) is 0 Å². The molecule has 0 heterocycles. The minimum atomic E-state index is -3.67. The molecular formula is C14H24N2O4S. The molecule has 6 nitrogen and oxygen atoms in total. The smallest absolute Gasteiger partial charge is 0.244 e. The van der Waals surface area contributed by atoms with Gasteiger partial charge in [0.15, 0.2) is 0 Å². The van der Waals surface area contributed by atoms with Crippen molar-refractivity contribution in [3.63, 3.8) is 0 Å². The molecule has 0 atom stereocenters. The quantitative estimate of drug-likeness (QED) is 0.751. The zero-order valence-electron chi connectivity index (χ0n) is 13.2. The number of benzene rings is 1. The summed E-state index contributed by atoms with van der Waals surface area (Å²) in [5.41, 5.74) is 0.285.